The van der Waals surface area contributed by atoms with Crippen molar-refractivity contribution in [3.63, 3.8) is 0 Å². The summed E-state index contributed by atoms with van der Waals surface area (Å²) in [6, 6.07) is 0. The molecule has 0 saturated carbocycles. The molecule has 0 rings (SSSR count). The van der Waals surface area contributed by atoms with Crippen LogP contribution in [0.4, 0.5) is 0 Å². The predicted molar refractivity (Wildman–Crippen MR) is 39.1 cm³/mol. The highest BCUT2D eigenvalue weighted by molar-refractivity contribution is 5.75. The van der Waals surface area contributed by atoms with Crippen LogP contribution in [0, 0.1) is 0 Å². The molecule has 0 atom stereocenters. The Morgan fingerprint density at radius 3 is 2.00 bits per heavy atom. The first-order valence-corrected chi connectivity index (χ1v) is 2.64. The molecule has 0 fully saturated rings. The molecule has 0 unspecified atom stereocenters. The zero-order valence-corrected chi connectivity index (χ0v) is 5.81. The summed E-state index contributed by atoms with van der Waals surface area (Å²) < 4.78 is 0. The van der Waals surface area contributed by atoms with Crippen LogP contribution in [-0.2, 0) is 0 Å². The Bertz CT molecular complexity index is 74.6. The van der Waals surface area contributed by atoms with Gasteiger partial charge in [-0.25, -0.2) is 0 Å². The first kappa shape index (κ1) is 10.2. The van der Waals surface area contributed by atoms with Crippen molar-refractivity contribution in [3.05, 3.63) is 12.3 Å². The van der Waals surface area contributed by atoms with Gasteiger partial charge in [-0.05, 0) is 0 Å². The summed E-state index contributed by atoms with van der Waals surface area (Å²) in [5, 5.41) is 0. The molecule has 0 aliphatic rings. The van der Waals surface area contributed by atoms with Crippen LogP contribution >= 0.6 is 0 Å². The van der Waals surface area contributed by atoms with Crippen LogP contribution < -0.4 is 5.73 Å². The van der Waals surface area contributed by atoms with E-state index in [4.69, 9.17) is 5.73 Å². The Kier molecular flexibility index (Phi) is 12.2. The minimum Gasteiger partial charge on any atom is -0.398 e. The molecule has 2 N–H and O–H groups in total. The lowest BCUT2D eigenvalue weighted by Crippen LogP contribution is -1.93. The van der Waals surface area contributed by atoms with Gasteiger partial charge in [0.05, 0.1) is 0 Å². The number of hydrogen-bond donors (Lipinski definition) is 1. The Morgan fingerprint density at radius 1 is 1.62 bits per heavy atom. The molecule has 0 aromatic rings. The lowest BCUT2D eigenvalue weighted by Gasteiger charge is -1.77. The molecule has 0 aromatic carbocycles. The van der Waals surface area contributed by atoms with E-state index in [0.29, 0.717) is 5.70 Å². The van der Waals surface area contributed by atoms with Gasteiger partial charge in [-0.15, -0.1) is 0 Å². The van der Waals surface area contributed by atoms with Crippen LogP contribution in [0.1, 0.15) is 13.8 Å². The maximum atomic E-state index is 5.06. The van der Waals surface area contributed by atoms with Crippen LogP contribution in [0.2, 0.25) is 0 Å². The van der Waals surface area contributed by atoms with Gasteiger partial charge in [-0.3, -0.25) is 4.99 Å². The first-order chi connectivity index (χ1) is 3.77. The quantitative estimate of drug-likeness (QED) is 0.511. The minimum atomic E-state index is 0.498. The average Bonchev–Trinajstić information content (AvgIpc) is 1.72. The van der Waals surface area contributed by atoms with Gasteiger partial charge < -0.3 is 5.73 Å². The van der Waals surface area contributed by atoms with Crippen molar-refractivity contribution < 1.29 is 0 Å². The van der Waals surface area contributed by atoms with Crippen molar-refractivity contribution in [1.82, 2.24) is 0 Å². The van der Waals surface area contributed by atoms with E-state index in [0.717, 1.165) is 0 Å². The summed E-state index contributed by atoms with van der Waals surface area (Å²) in [6.45, 7) is 7.37. The highest BCUT2D eigenvalue weighted by Gasteiger charge is 1.65. The van der Waals surface area contributed by atoms with Crippen molar-refractivity contribution >= 4 is 6.21 Å². The zero-order valence-electron chi connectivity index (χ0n) is 5.81. The highest BCUT2D eigenvalue weighted by atomic mass is 14.7. The van der Waals surface area contributed by atoms with Gasteiger partial charge in [0, 0.05) is 19.0 Å². The molecular formula is C6H14N2. The van der Waals surface area contributed by atoms with Crippen LogP contribution in [0.25, 0.3) is 0 Å². The molecule has 8 heavy (non-hydrogen) atoms. The van der Waals surface area contributed by atoms with E-state index in [9.17, 15) is 0 Å². The van der Waals surface area contributed by atoms with Crippen molar-refractivity contribution in [2.45, 2.75) is 13.8 Å². The number of hydrogen-bond acceptors (Lipinski definition) is 2. The molecule has 0 radical (unpaired) electrons. The Hall–Kier alpha value is -0.790. The summed E-state index contributed by atoms with van der Waals surface area (Å²) in [7, 11) is 1.65. The summed E-state index contributed by atoms with van der Waals surface area (Å²) in [5.74, 6) is 0. The second kappa shape index (κ2) is 9.51. The normalized spacial score (nSPS) is 7.88. The SMILES string of the molecule is C=C(N)C=NC.CC. The van der Waals surface area contributed by atoms with Crippen LogP contribution in [0.5, 0.6) is 0 Å². The molecule has 48 valence electrons. The number of rotatable bonds is 1. The Labute approximate surface area is 51.1 Å². The standard InChI is InChI=1S/C4H8N2.C2H6/c1-4(5)3-6-2;1-2/h3H,1,5H2,2H3;1-2H3. The lowest BCUT2D eigenvalue weighted by molar-refractivity contribution is 1.43. The zero-order chi connectivity index (χ0) is 6.99. The molecule has 0 aromatic heterocycles. The lowest BCUT2D eigenvalue weighted by atomic mass is 10.6. The number of allylic oxidation sites excluding steroid dienone is 1. The second-order valence-electron chi connectivity index (χ2n) is 0.962. The van der Waals surface area contributed by atoms with Gasteiger partial charge in [0.25, 0.3) is 0 Å². The molecule has 0 aliphatic heterocycles. The van der Waals surface area contributed by atoms with Crippen molar-refractivity contribution in [2.75, 3.05) is 7.05 Å². The van der Waals surface area contributed by atoms with Gasteiger partial charge in [0.2, 0.25) is 0 Å². The maximum absolute atomic E-state index is 5.06. The summed E-state index contributed by atoms with van der Waals surface area (Å²) in [6.07, 6.45) is 1.50. The fourth-order valence-corrected chi connectivity index (χ4v) is 0.166. The average molecular weight is 114 g/mol. The number of nitrogens with zero attached hydrogens (tertiary/aromatic N) is 1. The van der Waals surface area contributed by atoms with Crippen LogP contribution in [-0.4, -0.2) is 13.3 Å². The smallest absolute Gasteiger partial charge is 0.0432 e. The fourth-order valence-electron chi connectivity index (χ4n) is 0.166. The molecule has 0 spiro atoms. The Morgan fingerprint density at radius 2 is 2.00 bits per heavy atom. The van der Waals surface area contributed by atoms with E-state index in [2.05, 4.69) is 11.6 Å². The Balaban J connectivity index is 0. The third kappa shape index (κ3) is 18.9. The molecule has 0 aliphatic carbocycles. The monoisotopic (exact) mass is 114 g/mol. The highest BCUT2D eigenvalue weighted by Crippen LogP contribution is 1.62. The molecule has 2 heteroatoms. The van der Waals surface area contributed by atoms with Gasteiger partial charge >= 0.3 is 0 Å². The maximum Gasteiger partial charge on any atom is 0.0432 e. The van der Waals surface area contributed by atoms with Crippen molar-refractivity contribution in [3.8, 4) is 0 Å². The van der Waals surface area contributed by atoms with E-state index < -0.39 is 0 Å². The third-order valence-corrected chi connectivity index (χ3v) is 0.295. The molecule has 2 nitrogen and oxygen atoms in total. The molecule has 0 heterocycles. The van der Waals surface area contributed by atoms with Crippen molar-refractivity contribution in [2.24, 2.45) is 10.7 Å². The third-order valence-electron chi connectivity index (χ3n) is 0.295. The summed E-state index contributed by atoms with van der Waals surface area (Å²) in [4.78, 5) is 3.59. The van der Waals surface area contributed by atoms with Gasteiger partial charge in [-0.1, -0.05) is 20.4 Å². The van der Waals surface area contributed by atoms with Gasteiger partial charge in [0.1, 0.15) is 0 Å². The number of aliphatic imine (C=N–C) groups is 1. The topological polar surface area (TPSA) is 38.4 Å². The summed E-state index contributed by atoms with van der Waals surface area (Å²) >= 11 is 0. The van der Waals surface area contributed by atoms with E-state index in [1.165, 1.54) is 6.21 Å². The fraction of sp³-hybridized carbons (Fsp3) is 0.500. The molecule has 0 amide bonds. The van der Waals surface area contributed by atoms with E-state index in [1.807, 2.05) is 13.8 Å². The molecular weight excluding hydrogens is 100 g/mol. The molecule has 0 saturated heterocycles. The van der Waals surface area contributed by atoms with Gasteiger partial charge in [-0.2, -0.15) is 0 Å². The van der Waals surface area contributed by atoms with Crippen LogP contribution in [0.3, 0.4) is 0 Å². The minimum absolute atomic E-state index is 0.498. The largest absolute Gasteiger partial charge is 0.398 e. The summed E-state index contributed by atoms with van der Waals surface area (Å²) in [5.41, 5.74) is 5.56. The molecule has 0 bridgehead atoms. The van der Waals surface area contributed by atoms with Gasteiger partial charge in [0.15, 0.2) is 0 Å². The first-order valence-electron chi connectivity index (χ1n) is 2.64. The second-order valence-corrected chi connectivity index (χ2v) is 0.962. The van der Waals surface area contributed by atoms with E-state index >= 15 is 0 Å². The van der Waals surface area contributed by atoms with Crippen LogP contribution in [0.15, 0.2) is 17.3 Å². The predicted octanol–water partition coefficient (Wildman–Crippen LogP) is 1.19. The van der Waals surface area contributed by atoms with E-state index in [1.54, 1.807) is 7.05 Å². The van der Waals surface area contributed by atoms with Crippen molar-refractivity contribution in [1.29, 1.82) is 0 Å². The van der Waals surface area contributed by atoms with E-state index in [-0.39, 0.29) is 0 Å². The number of nitrogens with two attached hydrogens (primary N) is 1.